The Bertz CT molecular complexity index is 1050. The van der Waals surface area contributed by atoms with Crippen molar-refractivity contribution in [2.45, 2.75) is 17.5 Å². The van der Waals surface area contributed by atoms with E-state index in [2.05, 4.69) is 5.32 Å². The molecule has 1 aliphatic heterocycles. The molecule has 10 heteroatoms. The van der Waals surface area contributed by atoms with Crippen LogP contribution >= 0.6 is 0 Å². The normalized spacial score (nSPS) is 17.4. The first-order chi connectivity index (χ1) is 13.4. The fourth-order valence-electron chi connectivity index (χ4n) is 3.01. The van der Waals surface area contributed by atoms with E-state index in [0.29, 0.717) is 5.69 Å². The minimum atomic E-state index is -4.53. The van der Waals surface area contributed by atoms with Crippen LogP contribution in [0.4, 0.5) is 24.5 Å². The third kappa shape index (κ3) is 4.76. The zero-order valence-corrected chi connectivity index (χ0v) is 16.0. The van der Waals surface area contributed by atoms with Gasteiger partial charge in [0.15, 0.2) is 9.84 Å². The van der Waals surface area contributed by atoms with Crippen molar-refractivity contribution < 1.29 is 31.2 Å². The summed E-state index contributed by atoms with van der Waals surface area (Å²) in [7, 11) is -3.37. The third-order valence-electron chi connectivity index (χ3n) is 4.53. The van der Waals surface area contributed by atoms with Crippen LogP contribution < -0.4 is 10.2 Å². The number of amides is 2. The summed E-state index contributed by atoms with van der Waals surface area (Å²) < 4.78 is 61.6. The lowest BCUT2D eigenvalue weighted by atomic mass is 10.1. The molecule has 1 saturated heterocycles. The molecule has 2 amide bonds. The predicted octanol–water partition coefficient (Wildman–Crippen LogP) is 3.10. The zero-order valence-electron chi connectivity index (χ0n) is 15.2. The first-order valence-electron chi connectivity index (χ1n) is 8.54. The van der Waals surface area contributed by atoms with E-state index in [-0.39, 0.29) is 23.5 Å². The highest BCUT2D eigenvalue weighted by molar-refractivity contribution is 7.90. The molecule has 0 spiro atoms. The van der Waals surface area contributed by atoms with E-state index in [1.54, 1.807) is 0 Å². The maximum Gasteiger partial charge on any atom is 0.416 e. The number of benzene rings is 2. The molecule has 1 heterocycles. The van der Waals surface area contributed by atoms with Gasteiger partial charge in [-0.3, -0.25) is 9.59 Å². The number of carbonyl (C=O) groups excluding carboxylic acids is 2. The molecule has 0 aromatic heterocycles. The minimum Gasteiger partial charge on any atom is -0.326 e. The summed E-state index contributed by atoms with van der Waals surface area (Å²) in [5.41, 5.74) is -0.438. The van der Waals surface area contributed by atoms with Crippen molar-refractivity contribution in [2.75, 3.05) is 23.0 Å². The van der Waals surface area contributed by atoms with E-state index in [0.717, 1.165) is 23.3 Å². The SMILES string of the molecule is CS(=O)(=O)c1ccc(NC(=O)[C@H]2CC(=O)N(c3cccc(C(F)(F)F)c3)C2)cc1. The number of sulfone groups is 1. The molecule has 0 unspecified atom stereocenters. The number of anilines is 2. The van der Waals surface area contributed by atoms with Crippen molar-refractivity contribution in [1.29, 1.82) is 0 Å². The van der Waals surface area contributed by atoms with Gasteiger partial charge in [-0.15, -0.1) is 0 Å². The van der Waals surface area contributed by atoms with Crippen LogP contribution in [0.1, 0.15) is 12.0 Å². The van der Waals surface area contributed by atoms with Gasteiger partial charge in [-0.2, -0.15) is 13.2 Å². The lowest BCUT2D eigenvalue weighted by molar-refractivity contribution is -0.137. The van der Waals surface area contributed by atoms with Gasteiger partial charge in [0.05, 0.1) is 16.4 Å². The van der Waals surface area contributed by atoms with Crippen LogP contribution in [0.25, 0.3) is 0 Å². The second-order valence-electron chi connectivity index (χ2n) is 6.74. The van der Waals surface area contributed by atoms with Crippen molar-refractivity contribution in [3.8, 4) is 0 Å². The van der Waals surface area contributed by atoms with Gasteiger partial charge in [0, 0.05) is 30.6 Å². The summed E-state index contributed by atoms with van der Waals surface area (Å²) >= 11 is 0. The summed E-state index contributed by atoms with van der Waals surface area (Å²) in [5.74, 6) is -1.66. The lowest BCUT2D eigenvalue weighted by Crippen LogP contribution is -2.28. The second-order valence-corrected chi connectivity index (χ2v) is 8.76. The van der Waals surface area contributed by atoms with Crippen molar-refractivity contribution in [1.82, 2.24) is 0 Å². The number of hydrogen-bond donors (Lipinski definition) is 1. The average molecular weight is 426 g/mol. The van der Waals surface area contributed by atoms with E-state index >= 15 is 0 Å². The molecular weight excluding hydrogens is 409 g/mol. The number of nitrogens with one attached hydrogen (secondary N) is 1. The van der Waals surface area contributed by atoms with Crippen LogP contribution in [0, 0.1) is 5.92 Å². The summed E-state index contributed by atoms with van der Waals surface area (Å²) in [6, 6.07) is 9.93. The third-order valence-corrected chi connectivity index (χ3v) is 5.66. The first-order valence-corrected chi connectivity index (χ1v) is 10.4. The van der Waals surface area contributed by atoms with Crippen LogP contribution in [-0.2, 0) is 25.6 Å². The fourth-order valence-corrected chi connectivity index (χ4v) is 3.64. The van der Waals surface area contributed by atoms with Crippen LogP contribution in [0.5, 0.6) is 0 Å². The van der Waals surface area contributed by atoms with Gasteiger partial charge in [-0.1, -0.05) is 6.07 Å². The van der Waals surface area contributed by atoms with Crippen molar-refractivity contribution in [3.05, 3.63) is 54.1 Å². The Morgan fingerprint density at radius 2 is 1.79 bits per heavy atom. The van der Waals surface area contributed by atoms with Crippen LogP contribution in [0.3, 0.4) is 0 Å². The van der Waals surface area contributed by atoms with Gasteiger partial charge in [0.1, 0.15) is 0 Å². The number of carbonyl (C=O) groups is 2. The highest BCUT2D eigenvalue weighted by Crippen LogP contribution is 2.33. The van der Waals surface area contributed by atoms with Crippen molar-refractivity contribution in [3.63, 3.8) is 0 Å². The smallest absolute Gasteiger partial charge is 0.326 e. The summed E-state index contributed by atoms with van der Waals surface area (Å²) in [5, 5.41) is 2.60. The largest absolute Gasteiger partial charge is 0.416 e. The highest BCUT2D eigenvalue weighted by atomic mass is 32.2. The van der Waals surface area contributed by atoms with Crippen molar-refractivity contribution in [2.24, 2.45) is 5.92 Å². The Hall–Kier alpha value is -2.88. The Morgan fingerprint density at radius 1 is 1.14 bits per heavy atom. The van der Waals surface area contributed by atoms with E-state index in [9.17, 15) is 31.2 Å². The Morgan fingerprint density at radius 3 is 2.38 bits per heavy atom. The molecule has 0 saturated carbocycles. The zero-order chi connectivity index (χ0) is 21.4. The van der Waals surface area contributed by atoms with E-state index < -0.39 is 39.3 Å². The van der Waals surface area contributed by atoms with Crippen LogP contribution in [-0.4, -0.2) is 33.0 Å². The molecule has 1 atom stereocenters. The molecule has 1 fully saturated rings. The average Bonchev–Trinajstić information content (AvgIpc) is 3.03. The van der Waals surface area contributed by atoms with E-state index in [1.165, 1.54) is 36.4 Å². The molecule has 0 bridgehead atoms. The van der Waals surface area contributed by atoms with Gasteiger partial charge >= 0.3 is 6.18 Å². The number of alkyl halides is 3. The molecule has 0 aliphatic carbocycles. The molecule has 6 nitrogen and oxygen atoms in total. The monoisotopic (exact) mass is 426 g/mol. The molecule has 3 rings (SSSR count). The van der Waals surface area contributed by atoms with Gasteiger partial charge in [-0.05, 0) is 42.5 Å². The van der Waals surface area contributed by atoms with E-state index in [4.69, 9.17) is 0 Å². The molecule has 2 aromatic carbocycles. The maximum atomic E-state index is 12.9. The topological polar surface area (TPSA) is 83.5 Å². The van der Waals surface area contributed by atoms with Gasteiger partial charge in [-0.25, -0.2) is 8.42 Å². The summed E-state index contributed by atoms with van der Waals surface area (Å²) in [6.45, 7) is -0.0482. The molecule has 154 valence electrons. The Labute approximate surface area is 165 Å². The maximum absolute atomic E-state index is 12.9. The number of hydrogen-bond acceptors (Lipinski definition) is 4. The second kappa shape index (κ2) is 7.51. The van der Waals surface area contributed by atoms with Crippen LogP contribution in [0.2, 0.25) is 0 Å². The summed E-state index contributed by atoms with van der Waals surface area (Å²) in [6.07, 6.45) is -3.61. The number of halogens is 3. The quantitative estimate of drug-likeness (QED) is 0.815. The van der Waals surface area contributed by atoms with E-state index in [1.807, 2.05) is 0 Å². The molecule has 1 aliphatic rings. The molecule has 1 N–H and O–H groups in total. The van der Waals surface area contributed by atoms with Gasteiger partial charge in [0.25, 0.3) is 0 Å². The molecule has 29 heavy (non-hydrogen) atoms. The standard InChI is InChI=1S/C19H17F3N2O4S/c1-29(27,28)16-7-5-14(6-8-16)23-18(26)12-9-17(25)24(11-12)15-4-2-3-13(10-15)19(20,21)22/h2-8,10,12H,9,11H2,1H3,(H,23,26)/t12-/m0/s1. The Balaban J connectivity index is 1.71. The van der Waals surface area contributed by atoms with Crippen LogP contribution in [0.15, 0.2) is 53.4 Å². The molecule has 0 radical (unpaired) electrons. The Kier molecular flexibility index (Phi) is 5.40. The van der Waals surface area contributed by atoms with Gasteiger partial charge < -0.3 is 10.2 Å². The van der Waals surface area contributed by atoms with Gasteiger partial charge in [0.2, 0.25) is 11.8 Å². The summed E-state index contributed by atoms with van der Waals surface area (Å²) in [4.78, 5) is 26.0. The minimum absolute atomic E-state index is 0.0482. The molecular formula is C19H17F3N2O4S. The predicted molar refractivity (Wildman–Crippen MR) is 100 cm³/mol. The van der Waals surface area contributed by atoms with Crippen molar-refractivity contribution >= 4 is 33.0 Å². The lowest BCUT2D eigenvalue weighted by Gasteiger charge is -2.18. The number of nitrogens with zero attached hydrogens (tertiary/aromatic N) is 1. The first kappa shape index (κ1) is 20.8. The highest BCUT2D eigenvalue weighted by Gasteiger charge is 2.37. The fraction of sp³-hybridized carbons (Fsp3) is 0.263. The number of rotatable bonds is 4. The molecule has 2 aromatic rings.